The van der Waals surface area contributed by atoms with Crippen molar-refractivity contribution in [2.24, 2.45) is 0 Å². The topological polar surface area (TPSA) is 30.7 Å². The fraction of sp³-hybridized carbons (Fsp3) is 0.200. The van der Waals surface area contributed by atoms with E-state index in [1.165, 1.54) is 0 Å². The molecule has 0 atom stereocenters. The molecule has 0 unspecified atom stereocenters. The fourth-order valence-corrected chi connectivity index (χ4v) is 2.49. The SMILES string of the molecule is c1ccc(-c2cn3c(n2)SCC3)nc1. The van der Waals surface area contributed by atoms with E-state index in [1.54, 1.807) is 6.20 Å². The highest BCUT2D eigenvalue weighted by Crippen LogP contribution is 2.27. The number of rotatable bonds is 1. The second kappa shape index (κ2) is 3.13. The highest BCUT2D eigenvalue weighted by molar-refractivity contribution is 7.99. The van der Waals surface area contributed by atoms with Gasteiger partial charge in [0.1, 0.15) is 5.69 Å². The maximum atomic E-state index is 4.52. The number of imidazole rings is 1. The van der Waals surface area contributed by atoms with Gasteiger partial charge < -0.3 is 4.57 Å². The molecule has 1 aliphatic rings. The first-order valence-corrected chi connectivity index (χ1v) is 5.53. The first-order chi connectivity index (χ1) is 6.93. The molecule has 1 aliphatic heterocycles. The van der Waals surface area contributed by atoms with Gasteiger partial charge in [-0.3, -0.25) is 4.98 Å². The van der Waals surface area contributed by atoms with Crippen molar-refractivity contribution in [1.29, 1.82) is 0 Å². The third-order valence-corrected chi connectivity index (χ3v) is 3.20. The molecule has 3 nitrogen and oxygen atoms in total. The molecule has 3 rings (SSSR count). The lowest BCUT2D eigenvalue weighted by Gasteiger charge is -1.93. The molecule has 0 aliphatic carbocycles. The molecule has 0 bridgehead atoms. The predicted octanol–water partition coefficient (Wildman–Crippen LogP) is 2.05. The Morgan fingerprint density at radius 3 is 3.07 bits per heavy atom. The lowest BCUT2D eigenvalue weighted by atomic mass is 10.3. The summed E-state index contributed by atoms with van der Waals surface area (Å²) >= 11 is 1.81. The van der Waals surface area contributed by atoms with Crippen molar-refractivity contribution >= 4 is 11.8 Å². The van der Waals surface area contributed by atoms with E-state index in [0.717, 1.165) is 28.8 Å². The average molecular weight is 203 g/mol. The Labute approximate surface area is 86.2 Å². The van der Waals surface area contributed by atoms with Crippen LogP contribution in [0.1, 0.15) is 0 Å². The average Bonchev–Trinajstić information content (AvgIpc) is 2.78. The monoisotopic (exact) mass is 203 g/mol. The van der Waals surface area contributed by atoms with Gasteiger partial charge >= 0.3 is 0 Å². The molecule has 0 radical (unpaired) electrons. The molecule has 70 valence electrons. The van der Waals surface area contributed by atoms with Crippen LogP contribution in [0, 0.1) is 0 Å². The molecule has 0 aromatic carbocycles. The summed E-state index contributed by atoms with van der Waals surface area (Å²) in [5, 5.41) is 1.12. The molecule has 3 heterocycles. The summed E-state index contributed by atoms with van der Waals surface area (Å²) in [7, 11) is 0. The van der Waals surface area contributed by atoms with Crippen LogP contribution in [-0.2, 0) is 6.54 Å². The van der Waals surface area contributed by atoms with Crippen LogP contribution in [-0.4, -0.2) is 20.3 Å². The summed E-state index contributed by atoms with van der Waals surface area (Å²) in [6.45, 7) is 1.07. The molecule has 0 amide bonds. The largest absolute Gasteiger partial charge is 0.324 e. The molecule has 0 saturated carbocycles. The van der Waals surface area contributed by atoms with Gasteiger partial charge in [0, 0.05) is 24.7 Å². The van der Waals surface area contributed by atoms with Crippen molar-refractivity contribution < 1.29 is 0 Å². The molecule has 0 N–H and O–H groups in total. The summed E-state index contributed by atoms with van der Waals surface area (Å²) in [6, 6.07) is 5.89. The molecule has 2 aromatic heterocycles. The van der Waals surface area contributed by atoms with Crippen molar-refractivity contribution in [2.75, 3.05) is 5.75 Å². The molecule has 0 fully saturated rings. The Bertz CT molecular complexity index is 428. The van der Waals surface area contributed by atoms with Crippen LogP contribution in [0.4, 0.5) is 0 Å². The zero-order valence-electron chi connectivity index (χ0n) is 7.55. The lowest BCUT2D eigenvalue weighted by molar-refractivity contribution is 0.719. The molecule has 14 heavy (non-hydrogen) atoms. The first kappa shape index (κ1) is 8.05. The number of hydrogen-bond donors (Lipinski definition) is 0. The number of hydrogen-bond acceptors (Lipinski definition) is 3. The predicted molar refractivity (Wildman–Crippen MR) is 56.2 cm³/mol. The summed E-state index contributed by atoms with van der Waals surface area (Å²) in [6.07, 6.45) is 3.88. The van der Waals surface area contributed by atoms with Gasteiger partial charge in [-0.1, -0.05) is 17.8 Å². The highest BCUT2D eigenvalue weighted by Gasteiger charge is 2.15. The quantitative estimate of drug-likeness (QED) is 0.710. The number of fused-ring (bicyclic) bond motifs is 1. The van der Waals surface area contributed by atoms with Crippen LogP contribution in [0.25, 0.3) is 11.4 Å². The second-order valence-corrected chi connectivity index (χ2v) is 4.23. The van der Waals surface area contributed by atoms with Gasteiger partial charge in [0.05, 0.1) is 5.69 Å². The van der Waals surface area contributed by atoms with Crippen molar-refractivity contribution in [2.45, 2.75) is 11.7 Å². The van der Waals surface area contributed by atoms with Gasteiger partial charge in [-0.25, -0.2) is 4.98 Å². The van der Waals surface area contributed by atoms with Crippen LogP contribution in [0.5, 0.6) is 0 Å². The Morgan fingerprint density at radius 2 is 2.29 bits per heavy atom. The second-order valence-electron chi connectivity index (χ2n) is 3.17. The lowest BCUT2D eigenvalue weighted by Crippen LogP contribution is -1.89. The number of aryl methyl sites for hydroxylation is 1. The maximum Gasteiger partial charge on any atom is 0.168 e. The number of pyridine rings is 1. The normalized spacial score (nSPS) is 14.3. The molecule has 0 saturated heterocycles. The fourth-order valence-electron chi connectivity index (χ4n) is 1.55. The summed E-state index contributed by atoms with van der Waals surface area (Å²) in [4.78, 5) is 8.80. The zero-order valence-corrected chi connectivity index (χ0v) is 8.37. The molecule has 0 spiro atoms. The van der Waals surface area contributed by atoms with Crippen LogP contribution >= 0.6 is 11.8 Å². The van der Waals surface area contributed by atoms with E-state index < -0.39 is 0 Å². The van der Waals surface area contributed by atoms with Crippen LogP contribution in [0.15, 0.2) is 35.7 Å². The Balaban J connectivity index is 2.06. The molecular formula is C10H9N3S. The van der Waals surface area contributed by atoms with Crippen LogP contribution in [0.3, 0.4) is 0 Å². The van der Waals surface area contributed by atoms with Crippen LogP contribution in [0.2, 0.25) is 0 Å². The van der Waals surface area contributed by atoms with E-state index >= 15 is 0 Å². The van der Waals surface area contributed by atoms with Gasteiger partial charge in [0.15, 0.2) is 5.16 Å². The van der Waals surface area contributed by atoms with E-state index in [-0.39, 0.29) is 0 Å². The van der Waals surface area contributed by atoms with Gasteiger partial charge in [-0.05, 0) is 12.1 Å². The standard InChI is InChI=1S/C10H9N3S/c1-2-4-11-8(3-1)9-7-13-5-6-14-10(13)12-9/h1-4,7H,5-6H2. The minimum Gasteiger partial charge on any atom is -0.324 e. The smallest absolute Gasteiger partial charge is 0.168 e. The highest BCUT2D eigenvalue weighted by atomic mass is 32.2. The summed E-state index contributed by atoms with van der Waals surface area (Å²) in [5.74, 6) is 1.14. The van der Waals surface area contributed by atoms with E-state index in [9.17, 15) is 0 Å². The van der Waals surface area contributed by atoms with Crippen molar-refractivity contribution in [3.63, 3.8) is 0 Å². The minimum absolute atomic E-state index is 0.954. The van der Waals surface area contributed by atoms with E-state index in [0.29, 0.717) is 0 Å². The number of aromatic nitrogens is 3. The number of thioether (sulfide) groups is 1. The van der Waals surface area contributed by atoms with Gasteiger partial charge in [-0.2, -0.15) is 0 Å². The summed E-state index contributed by atoms with van der Waals surface area (Å²) in [5.41, 5.74) is 1.93. The minimum atomic E-state index is 0.954. The van der Waals surface area contributed by atoms with Crippen LogP contribution < -0.4 is 0 Å². The zero-order chi connectivity index (χ0) is 9.38. The van der Waals surface area contributed by atoms with Gasteiger partial charge in [-0.15, -0.1) is 0 Å². The molecular weight excluding hydrogens is 194 g/mol. The Hall–Kier alpha value is -1.29. The first-order valence-electron chi connectivity index (χ1n) is 4.55. The molecule has 4 heteroatoms. The van der Waals surface area contributed by atoms with E-state index in [1.807, 2.05) is 30.0 Å². The van der Waals surface area contributed by atoms with Crippen molar-refractivity contribution in [3.8, 4) is 11.4 Å². The van der Waals surface area contributed by atoms with Gasteiger partial charge in [0.25, 0.3) is 0 Å². The van der Waals surface area contributed by atoms with Crippen molar-refractivity contribution in [1.82, 2.24) is 14.5 Å². The number of nitrogens with zero attached hydrogens (tertiary/aromatic N) is 3. The van der Waals surface area contributed by atoms with E-state index in [4.69, 9.17) is 0 Å². The van der Waals surface area contributed by atoms with Gasteiger partial charge in [0.2, 0.25) is 0 Å². The Morgan fingerprint density at radius 1 is 1.29 bits per heavy atom. The van der Waals surface area contributed by atoms with Crippen molar-refractivity contribution in [3.05, 3.63) is 30.6 Å². The Kier molecular flexibility index (Phi) is 1.80. The third kappa shape index (κ3) is 1.23. The van der Waals surface area contributed by atoms with E-state index in [2.05, 4.69) is 20.7 Å². The summed E-state index contributed by atoms with van der Waals surface area (Å²) < 4.78 is 2.19. The molecule has 2 aromatic rings. The maximum absolute atomic E-state index is 4.52. The third-order valence-electron chi connectivity index (χ3n) is 2.23.